The molecule has 1 N–H and O–H groups in total. The van der Waals surface area contributed by atoms with E-state index in [4.69, 9.17) is 9.47 Å². The molecule has 18 heavy (non-hydrogen) atoms. The van der Waals surface area contributed by atoms with Crippen molar-refractivity contribution in [3.63, 3.8) is 0 Å². The van der Waals surface area contributed by atoms with Crippen molar-refractivity contribution < 1.29 is 14.3 Å². The fourth-order valence-corrected chi connectivity index (χ4v) is 2.38. The number of benzene rings is 1. The fraction of sp³-hybridized carbons (Fsp3) is 0.462. The number of hydrogen-bond acceptors (Lipinski definition) is 4. The molecule has 0 radical (unpaired) electrons. The quantitative estimate of drug-likeness (QED) is 0.510. The number of carbonyl (C=O) groups is 1. The van der Waals surface area contributed by atoms with Gasteiger partial charge in [0.25, 0.3) is 0 Å². The SMILES string of the molecule is COc1ccc(I)c(OC(=O)C2CCNCC2)c1. The lowest BCUT2D eigenvalue weighted by molar-refractivity contribution is -0.139. The first kappa shape index (κ1) is 13.6. The van der Waals surface area contributed by atoms with Crippen LogP contribution in [-0.4, -0.2) is 26.2 Å². The maximum Gasteiger partial charge on any atom is 0.314 e. The fourth-order valence-electron chi connectivity index (χ4n) is 1.94. The van der Waals surface area contributed by atoms with E-state index in [-0.39, 0.29) is 11.9 Å². The van der Waals surface area contributed by atoms with E-state index < -0.39 is 0 Å². The molecular weight excluding hydrogens is 345 g/mol. The van der Waals surface area contributed by atoms with Gasteiger partial charge in [0.1, 0.15) is 11.5 Å². The number of piperidine rings is 1. The summed E-state index contributed by atoms with van der Waals surface area (Å²) in [4.78, 5) is 12.0. The van der Waals surface area contributed by atoms with Gasteiger partial charge in [0.2, 0.25) is 0 Å². The number of halogens is 1. The van der Waals surface area contributed by atoms with Crippen molar-refractivity contribution in [2.75, 3.05) is 20.2 Å². The maximum atomic E-state index is 12.0. The number of esters is 1. The maximum absolute atomic E-state index is 12.0. The van der Waals surface area contributed by atoms with Gasteiger partial charge >= 0.3 is 5.97 Å². The van der Waals surface area contributed by atoms with E-state index in [9.17, 15) is 4.79 Å². The van der Waals surface area contributed by atoms with E-state index in [1.165, 1.54) is 0 Å². The van der Waals surface area contributed by atoms with E-state index in [0.717, 1.165) is 29.5 Å². The van der Waals surface area contributed by atoms with Crippen LogP contribution in [0.1, 0.15) is 12.8 Å². The van der Waals surface area contributed by atoms with E-state index in [1.807, 2.05) is 12.1 Å². The Morgan fingerprint density at radius 3 is 2.78 bits per heavy atom. The van der Waals surface area contributed by atoms with Crippen molar-refractivity contribution in [3.8, 4) is 11.5 Å². The van der Waals surface area contributed by atoms with Gasteiger partial charge in [0, 0.05) is 6.07 Å². The molecule has 1 fully saturated rings. The third kappa shape index (κ3) is 3.35. The second-order valence-electron chi connectivity index (χ2n) is 4.24. The summed E-state index contributed by atoms with van der Waals surface area (Å²) in [5, 5.41) is 3.23. The van der Waals surface area contributed by atoms with Gasteiger partial charge in [-0.05, 0) is 60.7 Å². The summed E-state index contributed by atoms with van der Waals surface area (Å²) < 4.78 is 11.5. The van der Waals surface area contributed by atoms with Gasteiger partial charge in [0.15, 0.2) is 0 Å². The van der Waals surface area contributed by atoms with E-state index in [2.05, 4.69) is 27.9 Å². The zero-order chi connectivity index (χ0) is 13.0. The zero-order valence-corrected chi connectivity index (χ0v) is 12.4. The van der Waals surface area contributed by atoms with Crippen LogP contribution in [0.5, 0.6) is 11.5 Å². The standard InChI is InChI=1S/C13H16INO3/c1-17-10-2-3-11(14)12(8-10)18-13(16)9-4-6-15-7-5-9/h2-3,8-9,15H,4-7H2,1H3. The molecule has 1 aliphatic heterocycles. The Bertz CT molecular complexity index is 430. The molecule has 1 aromatic rings. The molecule has 0 amide bonds. The topological polar surface area (TPSA) is 47.6 Å². The predicted molar refractivity (Wildman–Crippen MR) is 76.9 cm³/mol. The summed E-state index contributed by atoms with van der Waals surface area (Å²) in [5.74, 6) is 1.15. The average Bonchev–Trinajstić information content (AvgIpc) is 2.42. The summed E-state index contributed by atoms with van der Waals surface area (Å²) >= 11 is 2.15. The summed E-state index contributed by atoms with van der Waals surface area (Å²) in [6, 6.07) is 5.48. The Kier molecular flexibility index (Phi) is 4.82. The second-order valence-corrected chi connectivity index (χ2v) is 5.40. The van der Waals surface area contributed by atoms with Crippen molar-refractivity contribution in [2.24, 2.45) is 5.92 Å². The lowest BCUT2D eigenvalue weighted by Gasteiger charge is -2.21. The number of methoxy groups -OCH3 is 1. The van der Waals surface area contributed by atoms with Gasteiger partial charge in [-0.25, -0.2) is 0 Å². The van der Waals surface area contributed by atoms with Crippen LogP contribution >= 0.6 is 22.6 Å². The number of rotatable bonds is 3. The molecule has 98 valence electrons. The molecule has 0 bridgehead atoms. The molecule has 1 aromatic carbocycles. The Morgan fingerprint density at radius 2 is 2.11 bits per heavy atom. The van der Waals surface area contributed by atoms with Crippen molar-refractivity contribution in [1.82, 2.24) is 5.32 Å². The highest BCUT2D eigenvalue weighted by atomic mass is 127. The monoisotopic (exact) mass is 361 g/mol. The van der Waals surface area contributed by atoms with Crippen LogP contribution in [-0.2, 0) is 4.79 Å². The molecule has 0 atom stereocenters. The lowest BCUT2D eigenvalue weighted by Crippen LogP contribution is -2.33. The van der Waals surface area contributed by atoms with Gasteiger partial charge in [0.05, 0.1) is 16.6 Å². The molecule has 0 aromatic heterocycles. The van der Waals surface area contributed by atoms with Crippen molar-refractivity contribution in [3.05, 3.63) is 21.8 Å². The predicted octanol–water partition coefficient (Wildman–Crippen LogP) is 2.20. The first-order valence-electron chi connectivity index (χ1n) is 5.96. The van der Waals surface area contributed by atoms with Gasteiger partial charge < -0.3 is 14.8 Å². The molecule has 0 saturated carbocycles. The normalized spacial score (nSPS) is 16.3. The van der Waals surface area contributed by atoms with Crippen LogP contribution in [0, 0.1) is 9.49 Å². The minimum atomic E-state index is -0.136. The van der Waals surface area contributed by atoms with Crippen molar-refractivity contribution >= 4 is 28.6 Å². The molecule has 0 unspecified atom stereocenters. The molecule has 5 heteroatoms. The van der Waals surface area contributed by atoms with Gasteiger partial charge in [-0.2, -0.15) is 0 Å². The minimum Gasteiger partial charge on any atom is -0.497 e. The number of carbonyl (C=O) groups excluding carboxylic acids is 1. The highest BCUT2D eigenvalue weighted by molar-refractivity contribution is 14.1. The zero-order valence-electron chi connectivity index (χ0n) is 10.2. The summed E-state index contributed by atoms with van der Waals surface area (Å²) in [7, 11) is 1.60. The smallest absolute Gasteiger partial charge is 0.314 e. The van der Waals surface area contributed by atoms with E-state index >= 15 is 0 Å². The Balaban J connectivity index is 2.05. The molecule has 1 heterocycles. The highest BCUT2D eigenvalue weighted by Crippen LogP contribution is 2.27. The van der Waals surface area contributed by atoms with Crippen LogP contribution in [0.3, 0.4) is 0 Å². The van der Waals surface area contributed by atoms with Gasteiger partial charge in [-0.3, -0.25) is 4.79 Å². The largest absolute Gasteiger partial charge is 0.497 e. The first-order valence-corrected chi connectivity index (χ1v) is 7.04. The number of nitrogens with one attached hydrogen (secondary N) is 1. The van der Waals surface area contributed by atoms with Crippen LogP contribution in [0.4, 0.5) is 0 Å². The third-order valence-corrected chi connectivity index (χ3v) is 3.91. The van der Waals surface area contributed by atoms with Crippen LogP contribution in [0.25, 0.3) is 0 Å². The molecule has 1 saturated heterocycles. The van der Waals surface area contributed by atoms with Gasteiger partial charge in [-0.15, -0.1) is 0 Å². The van der Waals surface area contributed by atoms with Crippen LogP contribution in [0.15, 0.2) is 18.2 Å². The third-order valence-electron chi connectivity index (χ3n) is 3.02. The average molecular weight is 361 g/mol. The summed E-state index contributed by atoms with van der Waals surface area (Å²) in [6.45, 7) is 1.77. The second kappa shape index (κ2) is 6.38. The summed E-state index contributed by atoms with van der Waals surface area (Å²) in [6.07, 6.45) is 1.69. The van der Waals surface area contributed by atoms with Crippen LogP contribution in [0.2, 0.25) is 0 Å². The molecule has 4 nitrogen and oxygen atoms in total. The molecule has 0 aliphatic carbocycles. The number of ether oxygens (including phenoxy) is 2. The number of hydrogen-bond donors (Lipinski definition) is 1. The molecular formula is C13H16INO3. The van der Waals surface area contributed by atoms with Crippen molar-refractivity contribution in [1.29, 1.82) is 0 Å². The van der Waals surface area contributed by atoms with Crippen LogP contribution < -0.4 is 14.8 Å². The van der Waals surface area contributed by atoms with E-state index in [0.29, 0.717) is 11.5 Å². The minimum absolute atomic E-state index is 0.00764. The van der Waals surface area contributed by atoms with E-state index in [1.54, 1.807) is 13.2 Å². The Morgan fingerprint density at radius 1 is 1.39 bits per heavy atom. The van der Waals surface area contributed by atoms with Gasteiger partial charge in [-0.1, -0.05) is 0 Å². The summed E-state index contributed by atoms with van der Waals surface area (Å²) in [5.41, 5.74) is 0. The highest BCUT2D eigenvalue weighted by Gasteiger charge is 2.23. The molecule has 0 spiro atoms. The Labute approximate surface area is 120 Å². The first-order chi connectivity index (χ1) is 8.70. The molecule has 2 rings (SSSR count). The van der Waals surface area contributed by atoms with Crippen molar-refractivity contribution in [2.45, 2.75) is 12.8 Å². The Hall–Kier alpha value is -0.820. The lowest BCUT2D eigenvalue weighted by atomic mass is 9.98. The molecule has 1 aliphatic rings.